The van der Waals surface area contributed by atoms with Crippen LogP contribution in [0.3, 0.4) is 0 Å². The molecule has 4 nitrogen and oxygen atoms in total. The zero-order valence-corrected chi connectivity index (χ0v) is 9.67. The van der Waals surface area contributed by atoms with E-state index in [1.54, 1.807) is 18.3 Å². The Kier molecular flexibility index (Phi) is 6.04. The van der Waals surface area contributed by atoms with Gasteiger partial charge < -0.3 is 5.32 Å². The van der Waals surface area contributed by atoms with Crippen LogP contribution in [-0.2, 0) is 4.79 Å². The van der Waals surface area contributed by atoms with Gasteiger partial charge >= 0.3 is 0 Å². The molecule has 0 radical (unpaired) electrons. The average Bonchev–Trinajstić information content (AvgIpc) is 2.30. The minimum atomic E-state index is -0.0549. The molecule has 0 aromatic carbocycles. The van der Waals surface area contributed by atoms with Gasteiger partial charge in [0.1, 0.15) is 5.82 Å². The van der Waals surface area contributed by atoms with Crippen LogP contribution in [-0.4, -0.2) is 22.4 Å². The third-order valence-electron chi connectivity index (χ3n) is 1.74. The maximum atomic E-state index is 11.4. The number of amides is 1. The number of rotatable bonds is 6. The summed E-state index contributed by atoms with van der Waals surface area (Å²) in [4.78, 5) is 15.4. The number of nitrogens with zero attached hydrogens (tertiary/aromatic N) is 2. The molecule has 84 valence electrons. The first-order valence-corrected chi connectivity index (χ1v) is 6.14. The molecule has 0 saturated carbocycles. The fraction of sp³-hybridized carbons (Fsp3) is 0.364. The van der Waals surface area contributed by atoms with E-state index in [-0.39, 0.29) is 5.91 Å². The quantitative estimate of drug-likeness (QED) is 0.766. The first-order valence-electron chi connectivity index (χ1n) is 4.98. The summed E-state index contributed by atoms with van der Waals surface area (Å²) in [7, 11) is 0. The number of aromatic nitrogens is 1. The summed E-state index contributed by atoms with van der Waals surface area (Å²) in [5, 5.41) is 11.0. The molecule has 1 N–H and O–H groups in total. The lowest BCUT2D eigenvalue weighted by atomic mass is 10.4. The van der Waals surface area contributed by atoms with Gasteiger partial charge in [-0.05, 0) is 24.3 Å². The van der Waals surface area contributed by atoms with Crippen LogP contribution in [0.5, 0.6) is 0 Å². The molecule has 0 bridgehead atoms. The van der Waals surface area contributed by atoms with Crippen LogP contribution in [0.2, 0.25) is 0 Å². The van der Waals surface area contributed by atoms with Crippen molar-refractivity contribution >= 4 is 23.5 Å². The van der Waals surface area contributed by atoms with Gasteiger partial charge in [0.05, 0.1) is 11.8 Å². The molecule has 0 atom stereocenters. The summed E-state index contributed by atoms with van der Waals surface area (Å²) < 4.78 is 0. The molecule has 0 aliphatic carbocycles. The van der Waals surface area contributed by atoms with E-state index >= 15 is 0 Å². The number of carbonyl (C=O) groups excluding carboxylic acids is 1. The van der Waals surface area contributed by atoms with Gasteiger partial charge in [0, 0.05) is 12.6 Å². The molecule has 5 heteroatoms. The van der Waals surface area contributed by atoms with E-state index in [0.717, 1.165) is 12.2 Å². The fourth-order valence-electron chi connectivity index (χ4n) is 1.03. The smallest absolute Gasteiger partial charge is 0.235 e. The normalized spacial score (nSPS) is 9.44. The zero-order valence-electron chi connectivity index (χ0n) is 8.85. The summed E-state index contributed by atoms with van der Waals surface area (Å²) in [5.41, 5.74) is 0. The van der Waals surface area contributed by atoms with Crippen LogP contribution in [0.1, 0.15) is 12.8 Å². The van der Waals surface area contributed by atoms with E-state index in [0.29, 0.717) is 18.0 Å². The number of pyridine rings is 1. The van der Waals surface area contributed by atoms with Gasteiger partial charge in [-0.25, -0.2) is 4.98 Å². The van der Waals surface area contributed by atoms with Crippen LogP contribution in [0.4, 0.5) is 5.82 Å². The summed E-state index contributed by atoms with van der Waals surface area (Å²) >= 11 is 1.53. The summed E-state index contributed by atoms with van der Waals surface area (Å²) in [6.45, 7) is 0. The number of nitriles is 1. The summed E-state index contributed by atoms with van der Waals surface area (Å²) in [5.74, 6) is 1.76. The van der Waals surface area contributed by atoms with Crippen molar-refractivity contribution in [3.05, 3.63) is 24.4 Å². The first kappa shape index (κ1) is 12.5. The highest BCUT2D eigenvalue weighted by Crippen LogP contribution is 2.06. The van der Waals surface area contributed by atoms with Crippen molar-refractivity contribution in [3.63, 3.8) is 0 Å². The Hall–Kier alpha value is -1.54. The van der Waals surface area contributed by atoms with Crippen molar-refractivity contribution in [1.82, 2.24) is 4.98 Å². The van der Waals surface area contributed by atoms with Crippen molar-refractivity contribution in [3.8, 4) is 6.07 Å². The van der Waals surface area contributed by atoms with Crippen molar-refractivity contribution < 1.29 is 4.79 Å². The lowest BCUT2D eigenvalue weighted by Gasteiger charge is -2.03. The molecule has 0 spiro atoms. The van der Waals surface area contributed by atoms with Crippen LogP contribution in [0, 0.1) is 11.3 Å². The predicted molar refractivity (Wildman–Crippen MR) is 65.0 cm³/mol. The van der Waals surface area contributed by atoms with Gasteiger partial charge in [-0.2, -0.15) is 17.0 Å². The monoisotopic (exact) mass is 235 g/mol. The molecule has 1 rings (SSSR count). The molecule has 0 unspecified atom stereocenters. The number of nitrogens with one attached hydrogen (secondary N) is 1. The molecule has 1 heterocycles. The molecule has 16 heavy (non-hydrogen) atoms. The second kappa shape index (κ2) is 7.71. The number of unbranched alkanes of at least 4 members (excludes halogenated alkanes) is 1. The van der Waals surface area contributed by atoms with Gasteiger partial charge in [-0.15, -0.1) is 0 Å². The summed E-state index contributed by atoms with van der Waals surface area (Å²) in [6.07, 6.45) is 3.02. The zero-order chi connectivity index (χ0) is 11.6. The highest BCUT2D eigenvalue weighted by Gasteiger charge is 2.02. The second-order valence-electron chi connectivity index (χ2n) is 3.08. The first-order chi connectivity index (χ1) is 7.83. The number of hydrogen-bond acceptors (Lipinski definition) is 4. The van der Waals surface area contributed by atoms with Gasteiger partial charge in [0.15, 0.2) is 0 Å². The minimum absolute atomic E-state index is 0.0549. The van der Waals surface area contributed by atoms with Gasteiger partial charge in [0.25, 0.3) is 0 Å². The maximum Gasteiger partial charge on any atom is 0.235 e. The van der Waals surface area contributed by atoms with Gasteiger partial charge in [0.2, 0.25) is 5.91 Å². The predicted octanol–water partition coefficient (Wildman–Crippen LogP) is 2.06. The van der Waals surface area contributed by atoms with E-state index in [1.807, 2.05) is 6.07 Å². The lowest BCUT2D eigenvalue weighted by molar-refractivity contribution is -0.113. The second-order valence-corrected chi connectivity index (χ2v) is 4.18. The molecule has 1 aromatic heterocycles. The van der Waals surface area contributed by atoms with Gasteiger partial charge in [-0.3, -0.25) is 4.79 Å². The van der Waals surface area contributed by atoms with Crippen LogP contribution in [0.25, 0.3) is 0 Å². The number of anilines is 1. The Labute approximate surface area is 99.1 Å². The van der Waals surface area contributed by atoms with E-state index < -0.39 is 0 Å². The molecule has 1 amide bonds. The Balaban J connectivity index is 2.15. The Bertz CT molecular complexity index is 361. The van der Waals surface area contributed by atoms with E-state index in [9.17, 15) is 4.79 Å². The van der Waals surface area contributed by atoms with Crippen molar-refractivity contribution in [1.29, 1.82) is 5.26 Å². The minimum Gasteiger partial charge on any atom is -0.310 e. The van der Waals surface area contributed by atoms with E-state index in [1.165, 1.54) is 11.8 Å². The van der Waals surface area contributed by atoms with Crippen LogP contribution in [0.15, 0.2) is 24.4 Å². The molecule has 1 aromatic rings. The molecule has 0 fully saturated rings. The number of hydrogen-bond donors (Lipinski definition) is 1. The average molecular weight is 235 g/mol. The third-order valence-corrected chi connectivity index (χ3v) is 2.79. The SMILES string of the molecule is N#CCCCSCC(=O)Nc1ccccn1. The largest absolute Gasteiger partial charge is 0.310 e. The number of thioether (sulfide) groups is 1. The Morgan fingerprint density at radius 2 is 2.44 bits per heavy atom. The highest BCUT2D eigenvalue weighted by molar-refractivity contribution is 7.99. The Morgan fingerprint density at radius 1 is 1.56 bits per heavy atom. The van der Waals surface area contributed by atoms with Crippen LogP contribution >= 0.6 is 11.8 Å². The molecule has 0 aliphatic rings. The molecular formula is C11H13N3OS. The van der Waals surface area contributed by atoms with E-state index in [2.05, 4.69) is 16.4 Å². The fourth-order valence-corrected chi connectivity index (χ4v) is 1.78. The summed E-state index contributed by atoms with van der Waals surface area (Å²) in [6, 6.07) is 7.44. The van der Waals surface area contributed by atoms with Gasteiger partial charge in [-0.1, -0.05) is 6.07 Å². The standard InChI is InChI=1S/C11H13N3OS/c12-6-2-4-8-16-9-11(15)14-10-5-1-3-7-13-10/h1,3,5,7H,2,4,8-9H2,(H,13,14,15). The van der Waals surface area contributed by atoms with Crippen LogP contribution < -0.4 is 5.32 Å². The van der Waals surface area contributed by atoms with Crippen molar-refractivity contribution in [2.45, 2.75) is 12.8 Å². The maximum absolute atomic E-state index is 11.4. The number of carbonyl (C=O) groups is 1. The van der Waals surface area contributed by atoms with Crippen molar-refractivity contribution in [2.75, 3.05) is 16.8 Å². The third kappa shape index (κ3) is 5.37. The molecular weight excluding hydrogens is 222 g/mol. The topological polar surface area (TPSA) is 65.8 Å². The Morgan fingerprint density at radius 3 is 3.12 bits per heavy atom. The lowest BCUT2D eigenvalue weighted by Crippen LogP contribution is -2.15. The molecule has 0 saturated heterocycles. The van der Waals surface area contributed by atoms with Crippen molar-refractivity contribution in [2.24, 2.45) is 0 Å². The van der Waals surface area contributed by atoms with E-state index in [4.69, 9.17) is 5.26 Å². The molecule has 0 aliphatic heterocycles. The highest BCUT2D eigenvalue weighted by atomic mass is 32.2.